The van der Waals surface area contributed by atoms with E-state index in [1.54, 1.807) is 12.1 Å². The highest BCUT2D eigenvalue weighted by Gasteiger charge is 2.40. The summed E-state index contributed by atoms with van der Waals surface area (Å²) >= 11 is 0. The molecule has 0 aromatic heterocycles. The van der Waals surface area contributed by atoms with Crippen LogP contribution in [0, 0.1) is 5.41 Å². The van der Waals surface area contributed by atoms with E-state index in [1.807, 2.05) is 19.1 Å². The largest absolute Gasteiger partial charge is 0.481 e. The molecule has 1 fully saturated rings. The minimum Gasteiger partial charge on any atom is -0.481 e. The molecule has 0 aliphatic heterocycles. The van der Waals surface area contributed by atoms with E-state index >= 15 is 0 Å². The van der Waals surface area contributed by atoms with Gasteiger partial charge in [-0.1, -0.05) is 31.9 Å². The Morgan fingerprint density at radius 1 is 1.27 bits per heavy atom. The molecule has 22 heavy (non-hydrogen) atoms. The van der Waals surface area contributed by atoms with Crippen LogP contribution in [0.3, 0.4) is 0 Å². The first kappa shape index (κ1) is 16.5. The highest BCUT2D eigenvalue weighted by molar-refractivity contribution is 5.89. The Hall–Kier alpha value is -1.84. The monoisotopic (exact) mass is 304 g/mol. The molecule has 1 saturated carbocycles. The summed E-state index contributed by atoms with van der Waals surface area (Å²) in [4.78, 5) is 23.3. The Labute approximate surface area is 131 Å². The number of ether oxygens (including phenoxy) is 1. The van der Waals surface area contributed by atoms with Gasteiger partial charge in [0.1, 0.15) is 0 Å². The van der Waals surface area contributed by atoms with Crippen LogP contribution in [0.5, 0.6) is 0 Å². The summed E-state index contributed by atoms with van der Waals surface area (Å²) in [6.07, 6.45) is 5.13. The predicted molar refractivity (Wildman–Crippen MR) is 84.0 cm³/mol. The number of carboxylic acids is 1. The summed E-state index contributed by atoms with van der Waals surface area (Å²) in [7, 11) is 1.37. The zero-order valence-electron chi connectivity index (χ0n) is 13.3. The van der Waals surface area contributed by atoms with Crippen LogP contribution >= 0.6 is 0 Å². The van der Waals surface area contributed by atoms with Crippen molar-refractivity contribution in [1.29, 1.82) is 0 Å². The number of carbonyl (C=O) groups is 2. The fraction of sp³-hybridized carbons (Fsp3) is 0.556. The molecule has 0 spiro atoms. The molecule has 2 atom stereocenters. The van der Waals surface area contributed by atoms with Gasteiger partial charge in [0, 0.05) is 0 Å². The number of carboxylic acid groups (broad SMARTS) is 1. The molecule has 0 radical (unpaired) electrons. The molecule has 1 aromatic rings. The average Bonchev–Trinajstić information content (AvgIpc) is 2.78. The van der Waals surface area contributed by atoms with Crippen LogP contribution in [0.4, 0.5) is 0 Å². The molecular weight excluding hydrogens is 280 g/mol. The number of methoxy groups -OCH3 is 1. The first-order valence-corrected chi connectivity index (χ1v) is 7.94. The molecule has 1 aliphatic rings. The first-order valence-electron chi connectivity index (χ1n) is 7.94. The number of esters is 1. The normalized spacial score (nSPS) is 25.3. The molecule has 4 nitrogen and oxygen atoms in total. The molecule has 1 N–H and O–H groups in total. The Kier molecular flexibility index (Phi) is 5.22. The summed E-state index contributed by atoms with van der Waals surface area (Å²) < 4.78 is 4.71. The predicted octanol–water partition coefficient (Wildman–Crippen LogP) is 4.00. The van der Waals surface area contributed by atoms with Gasteiger partial charge in [0.2, 0.25) is 0 Å². The van der Waals surface area contributed by atoms with Crippen LogP contribution in [0.1, 0.15) is 67.3 Å². The van der Waals surface area contributed by atoms with Crippen LogP contribution in [0.2, 0.25) is 0 Å². The maximum Gasteiger partial charge on any atom is 0.337 e. The zero-order chi connectivity index (χ0) is 16.2. The Balaban J connectivity index is 2.23. The van der Waals surface area contributed by atoms with Crippen molar-refractivity contribution in [1.82, 2.24) is 0 Å². The van der Waals surface area contributed by atoms with Gasteiger partial charge in [-0.3, -0.25) is 4.79 Å². The van der Waals surface area contributed by atoms with Gasteiger partial charge >= 0.3 is 11.9 Å². The lowest BCUT2D eigenvalue weighted by molar-refractivity contribution is -0.150. The lowest BCUT2D eigenvalue weighted by Gasteiger charge is -2.29. The van der Waals surface area contributed by atoms with E-state index in [9.17, 15) is 14.7 Å². The highest BCUT2D eigenvalue weighted by atomic mass is 16.5. The van der Waals surface area contributed by atoms with E-state index in [2.05, 4.69) is 0 Å². The average molecular weight is 304 g/mol. The van der Waals surface area contributed by atoms with Crippen molar-refractivity contribution in [3.63, 3.8) is 0 Å². The Bertz CT molecular complexity index is 535. The van der Waals surface area contributed by atoms with Crippen molar-refractivity contribution in [3.8, 4) is 0 Å². The summed E-state index contributed by atoms with van der Waals surface area (Å²) in [5.41, 5.74) is 1.04. The Morgan fingerprint density at radius 3 is 2.50 bits per heavy atom. The summed E-state index contributed by atoms with van der Waals surface area (Å²) in [5, 5.41) is 9.67. The third-order valence-electron chi connectivity index (χ3n) is 5.03. The van der Waals surface area contributed by atoms with E-state index < -0.39 is 11.4 Å². The minimum atomic E-state index is -0.673. The molecule has 1 aromatic carbocycles. The smallest absolute Gasteiger partial charge is 0.337 e. The van der Waals surface area contributed by atoms with Crippen molar-refractivity contribution in [2.45, 2.75) is 51.4 Å². The molecule has 0 bridgehead atoms. The molecular formula is C18H24O4. The molecule has 0 unspecified atom stereocenters. The zero-order valence-corrected chi connectivity index (χ0v) is 13.3. The summed E-state index contributed by atoms with van der Waals surface area (Å²) in [6, 6.07) is 7.40. The first-order chi connectivity index (χ1) is 10.5. The van der Waals surface area contributed by atoms with Crippen LogP contribution in [0.25, 0.3) is 0 Å². The summed E-state index contributed by atoms with van der Waals surface area (Å²) in [5.74, 6) is -0.779. The Morgan fingerprint density at radius 2 is 1.95 bits per heavy atom. The van der Waals surface area contributed by atoms with Crippen molar-refractivity contribution in [2.75, 3.05) is 7.11 Å². The molecule has 0 saturated heterocycles. The maximum atomic E-state index is 11.8. The van der Waals surface area contributed by atoms with E-state index in [4.69, 9.17) is 4.74 Å². The second kappa shape index (κ2) is 6.95. The van der Waals surface area contributed by atoms with Gasteiger partial charge in [-0.25, -0.2) is 4.79 Å². The third kappa shape index (κ3) is 3.32. The number of rotatable bonds is 4. The second-order valence-corrected chi connectivity index (χ2v) is 6.20. The molecule has 1 aliphatic carbocycles. The van der Waals surface area contributed by atoms with Gasteiger partial charge in [0.25, 0.3) is 0 Å². The van der Waals surface area contributed by atoms with Crippen LogP contribution in [0.15, 0.2) is 24.3 Å². The quantitative estimate of drug-likeness (QED) is 0.674. The fourth-order valence-corrected chi connectivity index (χ4v) is 3.49. The number of hydrogen-bond donors (Lipinski definition) is 1. The van der Waals surface area contributed by atoms with E-state index in [1.165, 1.54) is 7.11 Å². The van der Waals surface area contributed by atoms with E-state index in [0.29, 0.717) is 18.4 Å². The van der Waals surface area contributed by atoms with Crippen molar-refractivity contribution in [3.05, 3.63) is 35.4 Å². The van der Waals surface area contributed by atoms with Gasteiger partial charge in [0.05, 0.1) is 18.1 Å². The number of benzene rings is 1. The molecule has 0 amide bonds. The van der Waals surface area contributed by atoms with Crippen molar-refractivity contribution in [2.24, 2.45) is 5.41 Å². The minimum absolute atomic E-state index is 0.241. The van der Waals surface area contributed by atoms with Crippen molar-refractivity contribution >= 4 is 11.9 Å². The van der Waals surface area contributed by atoms with E-state index in [0.717, 1.165) is 31.2 Å². The van der Waals surface area contributed by atoms with E-state index in [-0.39, 0.29) is 11.9 Å². The molecule has 4 heteroatoms. The van der Waals surface area contributed by atoms with Gasteiger partial charge < -0.3 is 9.84 Å². The molecule has 120 valence electrons. The van der Waals surface area contributed by atoms with Gasteiger partial charge in [-0.15, -0.1) is 0 Å². The number of aliphatic carboxylic acids is 1. The highest BCUT2D eigenvalue weighted by Crippen LogP contribution is 2.44. The number of carbonyl (C=O) groups excluding carboxylic acids is 1. The van der Waals surface area contributed by atoms with Crippen LogP contribution in [-0.4, -0.2) is 24.2 Å². The standard InChI is InChI=1S/C18H24O4/c1-3-18(17(20)21)11-5-4-6-15(12-18)13-7-9-14(10-8-13)16(19)22-2/h7-10,15H,3-6,11-12H2,1-2H3,(H,20,21)/t15-,18+/m0/s1. The molecule has 2 rings (SSSR count). The topological polar surface area (TPSA) is 63.6 Å². The van der Waals surface area contributed by atoms with Gasteiger partial charge in [0.15, 0.2) is 0 Å². The lowest BCUT2D eigenvalue weighted by atomic mass is 9.74. The van der Waals surface area contributed by atoms with Crippen LogP contribution < -0.4 is 0 Å². The lowest BCUT2D eigenvalue weighted by Crippen LogP contribution is -2.31. The fourth-order valence-electron chi connectivity index (χ4n) is 3.49. The summed E-state index contributed by atoms with van der Waals surface area (Å²) in [6.45, 7) is 1.97. The van der Waals surface area contributed by atoms with Crippen molar-refractivity contribution < 1.29 is 19.4 Å². The van der Waals surface area contributed by atoms with Crippen LogP contribution in [-0.2, 0) is 9.53 Å². The second-order valence-electron chi connectivity index (χ2n) is 6.20. The number of hydrogen-bond acceptors (Lipinski definition) is 3. The van der Waals surface area contributed by atoms with Gasteiger partial charge in [-0.05, 0) is 49.3 Å². The molecule has 0 heterocycles. The van der Waals surface area contributed by atoms with Gasteiger partial charge in [-0.2, -0.15) is 0 Å². The third-order valence-corrected chi connectivity index (χ3v) is 5.03. The SMILES string of the molecule is CC[C@@]1(C(=O)O)CCCC[C@H](c2ccc(C(=O)OC)cc2)C1. The maximum absolute atomic E-state index is 11.8.